The molecule has 8 nitrogen and oxygen atoms in total. The topological polar surface area (TPSA) is 97.8 Å². The van der Waals surface area contributed by atoms with E-state index in [2.05, 4.69) is 32.8 Å². The third-order valence-corrected chi connectivity index (χ3v) is 5.14. The number of hydrogen-bond donors (Lipinski definition) is 1. The van der Waals surface area contributed by atoms with Gasteiger partial charge in [-0.3, -0.25) is 10.1 Å². The van der Waals surface area contributed by atoms with Gasteiger partial charge >= 0.3 is 12.1 Å². The molecule has 32 heavy (non-hydrogen) atoms. The van der Waals surface area contributed by atoms with Crippen LogP contribution in [0.4, 0.5) is 19.3 Å². The number of halogens is 3. The zero-order valence-electron chi connectivity index (χ0n) is 18.3. The molecule has 0 bridgehead atoms. The van der Waals surface area contributed by atoms with E-state index in [1.807, 2.05) is 0 Å². The van der Waals surface area contributed by atoms with Gasteiger partial charge in [0.2, 0.25) is 0 Å². The molecule has 1 aromatic rings. The van der Waals surface area contributed by atoms with Crippen LogP contribution in [0.1, 0.15) is 61.0 Å². The second kappa shape index (κ2) is 9.93. The fourth-order valence-corrected chi connectivity index (χ4v) is 3.55. The Bertz CT molecular complexity index is 909. The van der Waals surface area contributed by atoms with Crippen LogP contribution in [0.15, 0.2) is 23.2 Å². The van der Waals surface area contributed by atoms with Gasteiger partial charge in [0.25, 0.3) is 11.8 Å². The lowest BCUT2D eigenvalue weighted by Gasteiger charge is -2.42. The zero-order chi connectivity index (χ0) is 24.3. The first-order chi connectivity index (χ1) is 14.8. The predicted molar refractivity (Wildman–Crippen MR) is 117 cm³/mol. The number of methoxy groups -OCH3 is 1. The van der Waals surface area contributed by atoms with Crippen molar-refractivity contribution in [3.8, 4) is 0 Å². The Labute approximate surface area is 193 Å². The molecule has 1 fully saturated rings. The second-order valence-electron chi connectivity index (χ2n) is 8.33. The number of alkyl halides is 2. The number of esters is 1. The highest BCUT2D eigenvalue weighted by atomic mass is 79.9. The quantitative estimate of drug-likeness (QED) is 0.412. The van der Waals surface area contributed by atoms with Crippen LogP contribution in [0.2, 0.25) is 0 Å². The fraction of sp³-hybridized carbons (Fsp3) is 0.524. The number of ether oxygens (including phenoxy) is 2. The second-order valence-corrected chi connectivity index (χ2v) is 9.18. The number of nitrogens with zero attached hydrogens (tertiary/aromatic N) is 2. The van der Waals surface area contributed by atoms with Crippen molar-refractivity contribution < 1.29 is 32.6 Å². The van der Waals surface area contributed by atoms with Crippen molar-refractivity contribution in [3.63, 3.8) is 0 Å². The largest absolute Gasteiger partial charge is 0.464 e. The van der Waals surface area contributed by atoms with Gasteiger partial charge in [0.15, 0.2) is 5.69 Å². The van der Waals surface area contributed by atoms with Crippen molar-refractivity contribution in [2.45, 2.75) is 57.6 Å². The number of rotatable bonds is 7. The lowest BCUT2D eigenvalue weighted by molar-refractivity contribution is -0.116. The Morgan fingerprint density at radius 3 is 2.47 bits per heavy atom. The SMILES string of the molecule is C=CCCN(C(=O)c1nc(C(=O)OC)c(NC(=O)OC(C)(C)C)cc1Br)C1CC(F)(F)C1. The van der Waals surface area contributed by atoms with E-state index in [1.165, 1.54) is 11.0 Å². The average molecular weight is 518 g/mol. The summed E-state index contributed by atoms with van der Waals surface area (Å²) in [6.45, 7) is 8.79. The summed E-state index contributed by atoms with van der Waals surface area (Å²) >= 11 is 3.23. The van der Waals surface area contributed by atoms with Crippen LogP contribution in [-0.2, 0) is 9.47 Å². The van der Waals surface area contributed by atoms with E-state index in [4.69, 9.17) is 9.47 Å². The van der Waals surface area contributed by atoms with Crippen molar-refractivity contribution in [1.29, 1.82) is 0 Å². The Morgan fingerprint density at radius 1 is 1.34 bits per heavy atom. The molecule has 1 aromatic heterocycles. The molecule has 0 saturated heterocycles. The van der Waals surface area contributed by atoms with E-state index < -0.39 is 48.4 Å². The van der Waals surface area contributed by atoms with Crippen LogP contribution < -0.4 is 5.32 Å². The lowest BCUT2D eigenvalue weighted by Crippen LogP contribution is -2.53. The van der Waals surface area contributed by atoms with Crippen LogP contribution in [0, 0.1) is 0 Å². The summed E-state index contributed by atoms with van der Waals surface area (Å²) < 4.78 is 36.9. The molecule has 0 spiro atoms. The van der Waals surface area contributed by atoms with Crippen molar-refractivity contribution in [2.24, 2.45) is 0 Å². The number of pyridine rings is 1. The summed E-state index contributed by atoms with van der Waals surface area (Å²) in [5.74, 6) is -4.35. The van der Waals surface area contributed by atoms with Gasteiger partial charge in [0, 0.05) is 25.4 Å². The van der Waals surface area contributed by atoms with Crippen molar-refractivity contribution in [1.82, 2.24) is 9.88 Å². The molecule has 2 rings (SSSR count). The monoisotopic (exact) mass is 517 g/mol. The van der Waals surface area contributed by atoms with Gasteiger partial charge in [-0.25, -0.2) is 23.4 Å². The highest BCUT2D eigenvalue weighted by Crippen LogP contribution is 2.41. The van der Waals surface area contributed by atoms with Crippen molar-refractivity contribution >= 4 is 39.6 Å². The molecule has 0 unspecified atom stereocenters. The number of hydrogen-bond acceptors (Lipinski definition) is 6. The van der Waals surface area contributed by atoms with Gasteiger partial charge in [0.05, 0.1) is 17.3 Å². The van der Waals surface area contributed by atoms with Gasteiger partial charge in [0.1, 0.15) is 11.3 Å². The molecule has 1 N–H and O–H groups in total. The molecular formula is C21H26BrF2N3O5. The molecule has 1 aliphatic rings. The van der Waals surface area contributed by atoms with Crippen LogP contribution >= 0.6 is 15.9 Å². The lowest BCUT2D eigenvalue weighted by atomic mass is 9.86. The predicted octanol–water partition coefficient (Wildman–Crippen LogP) is 4.79. The first-order valence-corrected chi connectivity index (χ1v) is 10.7. The van der Waals surface area contributed by atoms with E-state index in [1.54, 1.807) is 26.8 Å². The molecule has 2 amide bonds. The molecular weight excluding hydrogens is 492 g/mol. The molecule has 11 heteroatoms. The normalized spacial score (nSPS) is 15.3. The number of carbonyl (C=O) groups excluding carboxylic acids is 3. The summed E-state index contributed by atoms with van der Waals surface area (Å²) in [4.78, 5) is 43.0. The highest BCUT2D eigenvalue weighted by molar-refractivity contribution is 9.10. The molecule has 176 valence electrons. The number of carbonyl (C=O) groups is 3. The fourth-order valence-electron chi connectivity index (χ4n) is 3.07. The first-order valence-electron chi connectivity index (χ1n) is 9.86. The number of anilines is 1. The smallest absolute Gasteiger partial charge is 0.412 e. The minimum Gasteiger partial charge on any atom is -0.464 e. The third-order valence-electron chi connectivity index (χ3n) is 4.54. The van der Waals surface area contributed by atoms with E-state index in [9.17, 15) is 23.2 Å². The van der Waals surface area contributed by atoms with Gasteiger partial charge < -0.3 is 14.4 Å². The summed E-state index contributed by atoms with van der Waals surface area (Å²) in [6, 6.07) is 0.657. The Balaban J connectivity index is 2.39. The van der Waals surface area contributed by atoms with Crippen molar-refractivity contribution in [3.05, 3.63) is 34.6 Å². The average Bonchev–Trinajstić information content (AvgIpc) is 2.64. The molecule has 1 heterocycles. The first kappa shape index (κ1) is 25.7. The van der Waals surface area contributed by atoms with Gasteiger partial charge in [-0.2, -0.15) is 0 Å². The standard InChI is InChI=1S/C21H26BrF2N3O5/c1-6-7-8-27(12-10-21(23,24)11-12)17(28)15-13(22)9-14(16(26-15)18(29)31-5)25-19(30)32-20(2,3)4/h6,9,12H,1,7-8,10-11H2,2-5H3,(H,25,30). The number of amides is 2. The zero-order valence-corrected chi connectivity index (χ0v) is 19.9. The maximum absolute atomic E-state index is 13.4. The molecule has 0 radical (unpaired) electrons. The molecule has 0 aliphatic heterocycles. The highest BCUT2D eigenvalue weighted by Gasteiger charge is 2.49. The van der Waals surface area contributed by atoms with Crippen LogP contribution in [-0.4, -0.2) is 59.1 Å². The van der Waals surface area contributed by atoms with E-state index in [0.717, 1.165) is 7.11 Å². The van der Waals surface area contributed by atoms with Crippen LogP contribution in [0.5, 0.6) is 0 Å². The maximum Gasteiger partial charge on any atom is 0.412 e. The number of nitrogens with one attached hydrogen (secondary N) is 1. The Kier molecular flexibility index (Phi) is 7.97. The summed E-state index contributed by atoms with van der Waals surface area (Å²) in [5.41, 5.74) is -1.32. The minimum atomic E-state index is -2.82. The van der Waals surface area contributed by atoms with E-state index >= 15 is 0 Å². The Morgan fingerprint density at radius 2 is 1.97 bits per heavy atom. The summed E-state index contributed by atoms with van der Waals surface area (Å²) in [7, 11) is 1.12. The van der Waals surface area contributed by atoms with Gasteiger partial charge in [-0.05, 0) is 49.2 Å². The van der Waals surface area contributed by atoms with E-state index in [-0.39, 0.29) is 28.1 Å². The van der Waals surface area contributed by atoms with Crippen LogP contribution in [0.3, 0.4) is 0 Å². The van der Waals surface area contributed by atoms with Crippen LogP contribution in [0.25, 0.3) is 0 Å². The molecule has 0 aromatic carbocycles. The molecule has 0 atom stereocenters. The maximum atomic E-state index is 13.4. The summed E-state index contributed by atoms with van der Waals surface area (Å²) in [5, 5.41) is 2.42. The third kappa shape index (κ3) is 6.47. The molecule has 1 aliphatic carbocycles. The number of aromatic nitrogens is 1. The van der Waals surface area contributed by atoms with E-state index in [0.29, 0.717) is 6.42 Å². The van der Waals surface area contributed by atoms with Crippen molar-refractivity contribution in [2.75, 3.05) is 19.0 Å². The van der Waals surface area contributed by atoms with Gasteiger partial charge in [-0.1, -0.05) is 6.08 Å². The Hall–Kier alpha value is -2.56. The molecule has 1 saturated carbocycles. The van der Waals surface area contributed by atoms with Gasteiger partial charge in [-0.15, -0.1) is 6.58 Å². The minimum absolute atomic E-state index is 0.0395. The summed E-state index contributed by atoms with van der Waals surface area (Å²) in [6.07, 6.45) is 0.242.